The molecule has 3 aromatic rings. The fourth-order valence-corrected chi connectivity index (χ4v) is 4.62. The molecule has 156 valence electrons. The highest BCUT2D eigenvalue weighted by Gasteiger charge is 2.42. The topological polar surface area (TPSA) is 68.0 Å². The molecule has 0 saturated carbocycles. The zero-order chi connectivity index (χ0) is 21.7. The predicted octanol–water partition coefficient (Wildman–Crippen LogP) is 6.80. The Morgan fingerprint density at radius 2 is 1.81 bits per heavy atom. The Labute approximate surface area is 192 Å². The van der Waals surface area contributed by atoms with Crippen LogP contribution in [0.4, 0.5) is 5.69 Å². The molecule has 2 atom stereocenters. The Morgan fingerprint density at radius 3 is 2.55 bits per heavy atom. The number of benzene rings is 3. The molecule has 5 rings (SSSR count). The van der Waals surface area contributed by atoms with Crippen molar-refractivity contribution in [3.8, 4) is 5.75 Å². The van der Waals surface area contributed by atoms with Gasteiger partial charge in [0.1, 0.15) is 5.75 Å². The lowest BCUT2D eigenvalue weighted by Crippen LogP contribution is -2.33. The Bertz CT molecular complexity index is 1230. The Kier molecular flexibility index (Phi) is 5.01. The summed E-state index contributed by atoms with van der Waals surface area (Å²) in [6.07, 6.45) is -0.0824. The van der Waals surface area contributed by atoms with Crippen LogP contribution in [0.1, 0.15) is 35.4 Å². The molecule has 6 nitrogen and oxygen atoms in total. The van der Waals surface area contributed by atoms with Crippen molar-refractivity contribution in [2.24, 2.45) is 5.10 Å². The average molecular weight is 475 g/mol. The van der Waals surface area contributed by atoms with Gasteiger partial charge in [0, 0.05) is 39.7 Å². The fraction of sp³-hybridized carbons (Fsp3) is 0.136. The van der Waals surface area contributed by atoms with Crippen molar-refractivity contribution in [1.29, 1.82) is 0 Å². The van der Waals surface area contributed by atoms with Crippen LogP contribution in [0.15, 0.2) is 65.8 Å². The normalized spacial score (nSPS) is 19.3. The number of nitro groups is 1. The highest BCUT2D eigenvalue weighted by atomic mass is 35.5. The maximum Gasteiger partial charge on any atom is 0.269 e. The van der Waals surface area contributed by atoms with Gasteiger partial charge in [-0.15, -0.1) is 0 Å². The lowest BCUT2D eigenvalue weighted by Gasteiger charge is -2.38. The molecule has 0 spiro atoms. The minimum absolute atomic E-state index is 0.0215. The standard InChI is InChI=1S/C22H14Cl3N3O3/c23-14-6-4-12(5-7-14)19-11-20-17-9-15(24)10-18(25)21(17)31-22(27(20)26-19)13-2-1-3-16(8-13)28(29)30/h1-10,20,22H,11H2/t20-,22+/m0/s1. The van der Waals surface area contributed by atoms with E-state index in [2.05, 4.69) is 0 Å². The number of nitro benzene ring substituents is 1. The first-order valence-corrected chi connectivity index (χ1v) is 10.6. The van der Waals surface area contributed by atoms with Gasteiger partial charge in [-0.3, -0.25) is 10.1 Å². The zero-order valence-electron chi connectivity index (χ0n) is 15.8. The molecule has 0 amide bonds. The molecule has 0 fully saturated rings. The summed E-state index contributed by atoms with van der Waals surface area (Å²) in [5.74, 6) is 0.511. The molecule has 2 aliphatic rings. The monoisotopic (exact) mass is 473 g/mol. The van der Waals surface area contributed by atoms with Crippen LogP contribution in [-0.2, 0) is 0 Å². The number of rotatable bonds is 3. The minimum Gasteiger partial charge on any atom is -0.463 e. The second-order valence-electron chi connectivity index (χ2n) is 7.28. The van der Waals surface area contributed by atoms with Gasteiger partial charge >= 0.3 is 0 Å². The van der Waals surface area contributed by atoms with Crippen molar-refractivity contribution >= 4 is 46.2 Å². The first kappa shape index (κ1) is 20.1. The Morgan fingerprint density at radius 1 is 1.03 bits per heavy atom. The van der Waals surface area contributed by atoms with Crippen LogP contribution < -0.4 is 4.74 Å². The van der Waals surface area contributed by atoms with Crippen LogP contribution in [0.3, 0.4) is 0 Å². The van der Waals surface area contributed by atoms with E-state index in [9.17, 15) is 10.1 Å². The first-order chi connectivity index (χ1) is 14.9. The average Bonchev–Trinajstić information content (AvgIpc) is 3.19. The summed E-state index contributed by atoms with van der Waals surface area (Å²) in [5.41, 5.74) is 3.20. The van der Waals surface area contributed by atoms with Crippen LogP contribution in [0.2, 0.25) is 15.1 Å². The third-order valence-corrected chi connectivity index (χ3v) is 6.10. The van der Waals surface area contributed by atoms with Gasteiger partial charge in [-0.2, -0.15) is 5.10 Å². The number of non-ortho nitro benzene ring substituents is 1. The van der Waals surface area contributed by atoms with Gasteiger partial charge in [0.25, 0.3) is 5.69 Å². The van der Waals surface area contributed by atoms with Gasteiger partial charge in [-0.1, -0.05) is 59.1 Å². The van der Waals surface area contributed by atoms with Gasteiger partial charge in [0.05, 0.1) is 21.7 Å². The van der Waals surface area contributed by atoms with E-state index in [1.165, 1.54) is 12.1 Å². The molecule has 0 aliphatic carbocycles. The maximum atomic E-state index is 11.3. The summed E-state index contributed by atoms with van der Waals surface area (Å²) >= 11 is 18.8. The largest absolute Gasteiger partial charge is 0.463 e. The molecule has 31 heavy (non-hydrogen) atoms. The van der Waals surface area contributed by atoms with Crippen molar-refractivity contribution in [2.45, 2.75) is 18.7 Å². The van der Waals surface area contributed by atoms with Crippen molar-refractivity contribution in [3.63, 3.8) is 0 Å². The van der Waals surface area contributed by atoms with Crippen molar-refractivity contribution in [3.05, 3.63) is 103 Å². The van der Waals surface area contributed by atoms with Gasteiger partial charge in [0.2, 0.25) is 6.23 Å². The van der Waals surface area contributed by atoms with Crippen LogP contribution in [-0.4, -0.2) is 15.6 Å². The summed E-state index contributed by atoms with van der Waals surface area (Å²) in [6, 6.07) is 17.0. The van der Waals surface area contributed by atoms with E-state index in [1.54, 1.807) is 18.2 Å². The number of hydrogen-bond donors (Lipinski definition) is 0. The molecule has 2 heterocycles. The zero-order valence-corrected chi connectivity index (χ0v) is 18.1. The van der Waals surface area contributed by atoms with Crippen molar-refractivity contribution < 1.29 is 9.66 Å². The lowest BCUT2D eigenvalue weighted by atomic mass is 9.96. The van der Waals surface area contributed by atoms with Crippen LogP contribution in [0, 0.1) is 10.1 Å². The third kappa shape index (κ3) is 3.61. The molecule has 2 aliphatic heterocycles. The Balaban J connectivity index is 1.63. The summed E-state index contributed by atoms with van der Waals surface area (Å²) < 4.78 is 6.24. The number of nitrogens with zero attached hydrogens (tertiary/aromatic N) is 3. The van der Waals surface area contributed by atoms with E-state index in [4.69, 9.17) is 44.6 Å². The van der Waals surface area contributed by atoms with Crippen LogP contribution in [0.25, 0.3) is 0 Å². The second-order valence-corrected chi connectivity index (χ2v) is 8.56. The summed E-state index contributed by atoms with van der Waals surface area (Å²) in [6.45, 7) is 0. The number of halogens is 3. The molecule has 0 radical (unpaired) electrons. The van der Waals surface area contributed by atoms with E-state index >= 15 is 0 Å². The minimum atomic E-state index is -0.680. The smallest absolute Gasteiger partial charge is 0.269 e. The fourth-order valence-electron chi connectivity index (χ4n) is 3.94. The molecule has 0 saturated heterocycles. The number of fused-ring (bicyclic) bond motifs is 3. The maximum absolute atomic E-state index is 11.3. The molecule has 3 aromatic carbocycles. The van der Waals surface area contributed by atoms with Crippen molar-refractivity contribution in [2.75, 3.05) is 0 Å². The molecule has 0 aromatic heterocycles. The molecule has 9 heteroatoms. The van der Waals surface area contributed by atoms with Crippen LogP contribution in [0.5, 0.6) is 5.75 Å². The highest BCUT2D eigenvalue weighted by molar-refractivity contribution is 6.35. The van der Waals surface area contributed by atoms with Gasteiger partial charge in [-0.25, -0.2) is 5.01 Å². The van der Waals surface area contributed by atoms with Crippen LogP contribution >= 0.6 is 34.8 Å². The van der Waals surface area contributed by atoms with Gasteiger partial charge in [0.15, 0.2) is 0 Å². The third-order valence-electron chi connectivity index (χ3n) is 5.35. The molecule has 0 bridgehead atoms. The van der Waals surface area contributed by atoms with Gasteiger partial charge in [-0.05, 0) is 29.8 Å². The quantitative estimate of drug-likeness (QED) is 0.309. The lowest BCUT2D eigenvalue weighted by molar-refractivity contribution is -0.385. The Hall–Kier alpha value is -2.80. The van der Waals surface area contributed by atoms with Crippen molar-refractivity contribution in [1.82, 2.24) is 5.01 Å². The summed E-state index contributed by atoms with van der Waals surface area (Å²) in [4.78, 5) is 10.9. The highest BCUT2D eigenvalue weighted by Crippen LogP contribution is 2.51. The molecular weight excluding hydrogens is 461 g/mol. The predicted molar refractivity (Wildman–Crippen MR) is 120 cm³/mol. The number of hydrogen-bond acceptors (Lipinski definition) is 5. The molecular formula is C22H14Cl3N3O3. The SMILES string of the molecule is O=[N+]([O-])c1cccc([C@H]2Oc3c(Cl)cc(Cl)cc3[C@@H]3CC(c4ccc(Cl)cc4)=NN23)c1. The summed E-state index contributed by atoms with van der Waals surface area (Å²) in [5, 5.41) is 19.5. The molecule has 0 unspecified atom stereocenters. The number of ether oxygens (including phenoxy) is 1. The first-order valence-electron chi connectivity index (χ1n) is 9.42. The second kappa shape index (κ2) is 7.71. The van der Waals surface area contributed by atoms with E-state index in [0.29, 0.717) is 32.8 Å². The summed E-state index contributed by atoms with van der Waals surface area (Å²) in [7, 11) is 0. The van der Waals surface area contributed by atoms with E-state index < -0.39 is 11.2 Å². The molecule has 0 N–H and O–H groups in total. The van der Waals surface area contributed by atoms with E-state index in [0.717, 1.165) is 16.8 Å². The van der Waals surface area contributed by atoms with Gasteiger partial charge < -0.3 is 4.74 Å². The van der Waals surface area contributed by atoms with E-state index in [-0.39, 0.29) is 11.7 Å². The van der Waals surface area contributed by atoms with E-state index in [1.807, 2.05) is 35.3 Å². The number of hydrazone groups is 1.